The number of nitrogens with one attached hydrogen (secondary N) is 1. The molecular formula is C9H13ClN4O. The van der Waals surface area contributed by atoms with E-state index in [0.717, 1.165) is 17.1 Å². The Morgan fingerprint density at radius 3 is 2.93 bits per heavy atom. The molecule has 1 aliphatic rings. The molecule has 0 spiro atoms. The molecule has 2 rings (SSSR count). The van der Waals surface area contributed by atoms with E-state index in [2.05, 4.69) is 10.4 Å². The minimum absolute atomic E-state index is 0.290. The van der Waals surface area contributed by atoms with Crippen LogP contribution in [-0.4, -0.2) is 16.3 Å². The van der Waals surface area contributed by atoms with E-state index < -0.39 is 0 Å². The maximum absolute atomic E-state index is 6.13. The lowest BCUT2D eigenvalue weighted by Gasteiger charge is -2.13. The first kappa shape index (κ1) is 10.3. The van der Waals surface area contributed by atoms with Crippen LogP contribution in [0.2, 0.25) is 5.02 Å². The third-order valence-corrected chi connectivity index (χ3v) is 2.79. The van der Waals surface area contributed by atoms with Crippen molar-refractivity contribution in [3.8, 4) is 0 Å². The molecular weight excluding hydrogens is 216 g/mol. The van der Waals surface area contributed by atoms with Gasteiger partial charge in [-0.25, -0.2) is 0 Å². The zero-order chi connectivity index (χ0) is 11.0. The van der Waals surface area contributed by atoms with Crippen LogP contribution in [0.25, 0.3) is 0 Å². The second-order valence-corrected chi connectivity index (χ2v) is 3.79. The summed E-state index contributed by atoms with van der Waals surface area (Å²) in [7, 11) is 1.83. The van der Waals surface area contributed by atoms with Gasteiger partial charge in [-0.1, -0.05) is 11.6 Å². The number of nitrogens with two attached hydrogens (primary N) is 1. The Balaban J connectivity index is 2.25. The fourth-order valence-corrected chi connectivity index (χ4v) is 1.82. The Hall–Kier alpha value is -1.20. The Bertz CT molecular complexity index is 412. The van der Waals surface area contributed by atoms with Crippen LogP contribution in [-0.2, 0) is 11.8 Å². The molecule has 82 valence electrons. The molecule has 0 aromatic carbocycles. The first-order chi connectivity index (χ1) is 7.13. The zero-order valence-electron chi connectivity index (χ0n) is 8.62. The molecule has 0 radical (unpaired) electrons. The van der Waals surface area contributed by atoms with Gasteiger partial charge < -0.3 is 15.8 Å². The SMILES string of the molecule is Cc1nn(C)c(C2NC(CN)=CO2)c1Cl. The van der Waals surface area contributed by atoms with E-state index >= 15 is 0 Å². The van der Waals surface area contributed by atoms with Crippen LogP contribution in [0.1, 0.15) is 17.6 Å². The highest BCUT2D eigenvalue weighted by molar-refractivity contribution is 6.31. The van der Waals surface area contributed by atoms with Crippen LogP contribution < -0.4 is 11.1 Å². The van der Waals surface area contributed by atoms with Gasteiger partial charge >= 0.3 is 0 Å². The van der Waals surface area contributed by atoms with E-state index in [0.29, 0.717) is 11.6 Å². The van der Waals surface area contributed by atoms with Crippen LogP contribution >= 0.6 is 11.6 Å². The number of hydrogen-bond acceptors (Lipinski definition) is 4. The van der Waals surface area contributed by atoms with Gasteiger partial charge in [0.2, 0.25) is 6.23 Å². The highest BCUT2D eigenvalue weighted by Gasteiger charge is 2.25. The summed E-state index contributed by atoms with van der Waals surface area (Å²) in [5.41, 5.74) is 7.95. The summed E-state index contributed by atoms with van der Waals surface area (Å²) in [4.78, 5) is 0. The van der Waals surface area contributed by atoms with E-state index in [4.69, 9.17) is 22.1 Å². The molecule has 0 saturated carbocycles. The van der Waals surface area contributed by atoms with Crippen LogP contribution in [0.4, 0.5) is 0 Å². The van der Waals surface area contributed by atoms with Crippen LogP contribution in [0.15, 0.2) is 12.0 Å². The van der Waals surface area contributed by atoms with Crippen molar-refractivity contribution in [1.29, 1.82) is 0 Å². The third-order valence-electron chi connectivity index (χ3n) is 2.32. The highest BCUT2D eigenvalue weighted by Crippen LogP contribution is 2.29. The summed E-state index contributed by atoms with van der Waals surface area (Å²) in [6, 6.07) is 0. The summed E-state index contributed by atoms with van der Waals surface area (Å²) >= 11 is 6.13. The summed E-state index contributed by atoms with van der Waals surface area (Å²) in [5, 5.41) is 7.96. The quantitative estimate of drug-likeness (QED) is 0.786. The van der Waals surface area contributed by atoms with E-state index in [9.17, 15) is 0 Å². The van der Waals surface area contributed by atoms with Crippen LogP contribution in [0, 0.1) is 6.92 Å². The van der Waals surface area contributed by atoms with E-state index in [1.807, 2.05) is 14.0 Å². The second-order valence-electron chi connectivity index (χ2n) is 3.42. The molecule has 0 amide bonds. The van der Waals surface area contributed by atoms with Gasteiger partial charge in [-0.15, -0.1) is 0 Å². The molecule has 1 aromatic rings. The highest BCUT2D eigenvalue weighted by atomic mass is 35.5. The number of aryl methyl sites for hydroxylation is 2. The summed E-state index contributed by atoms with van der Waals surface area (Å²) in [6.07, 6.45) is 1.32. The van der Waals surface area contributed by atoms with Gasteiger partial charge in [-0.3, -0.25) is 4.68 Å². The molecule has 1 unspecified atom stereocenters. The van der Waals surface area contributed by atoms with Crippen molar-refractivity contribution in [3.63, 3.8) is 0 Å². The molecule has 1 aromatic heterocycles. The first-order valence-electron chi connectivity index (χ1n) is 4.63. The minimum atomic E-state index is -0.290. The number of nitrogens with zero attached hydrogens (tertiary/aromatic N) is 2. The minimum Gasteiger partial charge on any atom is -0.471 e. The molecule has 3 N–H and O–H groups in total. The van der Waals surface area contributed by atoms with Gasteiger partial charge in [0.25, 0.3) is 0 Å². The van der Waals surface area contributed by atoms with Crippen molar-refractivity contribution < 1.29 is 4.74 Å². The Morgan fingerprint density at radius 1 is 1.73 bits per heavy atom. The Kier molecular flexibility index (Phi) is 2.58. The maximum atomic E-state index is 6.13. The average molecular weight is 229 g/mol. The summed E-state index contributed by atoms with van der Waals surface area (Å²) in [5.74, 6) is 0. The Labute approximate surface area is 92.8 Å². The van der Waals surface area contributed by atoms with Gasteiger partial charge in [0.1, 0.15) is 12.0 Å². The fourth-order valence-electron chi connectivity index (χ4n) is 1.56. The summed E-state index contributed by atoms with van der Waals surface area (Å²) in [6.45, 7) is 2.28. The lowest BCUT2D eigenvalue weighted by Crippen LogP contribution is -2.22. The smallest absolute Gasteiger partial charge is 0.213 e. The number of halogens is 1. The Morgan fingerprint density at radius 2 is 2.47 bits per heavy atom. The normalized spacial score (nSPS) is 19.7. The second kappa shape index (κ2) is 3.75. The maximum Gasteiger partial charge on any atom is 0.213 e. The van der Waals surface area contributed by atoms with Gasteiger partial charge in [0.05, 0.1) is 16.4 Å². The molecule has 5 nitrogen and oxygen atoms in total. The molecule has 15 heavy (non-hydrogen) atoms. The molecule has 2 heterocycles. The lowest BCUT2D eigenvalue weighted by molar-refractivity contribution is 0.145. The van der Waals surface area contributed by atoms with Gasteiger partial charge in [0, 0.05) is 13.6 Å². The first-order valence-corrected chi connectivity index (χ1v) is 5.01. The predicted octanol–water partition coefficient (Wildman–Crippen LogP) is 0.800. The van der Waals surface area contributed by atoms with Crippen molar-refractivity contribution in [2.45, 2.75) is 13.2 Å². The van der Waals surface area contributed by atoms with Crippen LogP contribution in [0.3, 0.4) is 0 Å². The molecule has 0 fully saturated rings. The fraction of sp³-hybridized carbons (Fsp3) is 0.444. The molecule has 0 saturated heterocycles. The molecule has 6 heteroatoms. The summed E-state index contributed by atoms with van der Waals surface area (Å²) < 4.78 is 7.13. The van der Waals surface area contributed by atoms with Crippen molar-refractivity contribution in [1.82, 2.24) is 15.1 Å². The average Bonchev–Trinajstić information content (AvgIpc) is 2.74. The number of aromatic nitrogens is 2. The standard InChI is InChI=1S/C9H13ClN4O/c1-5-7(10)8(14(2)13-5)9-12-6(3-11)4-15-9/h4,9,12H,3,11H2,1-2H3. The predicted molar refractivity (Wildman–Crippen MR) is 57.1 cm³/mol. The third kappa shape index (κ3) is 1.68. The van der Waals surface area contributed by atoms with E-state index in [-0.39, 0.29) is 6.23 Å². The van der Waals surface area contributed by atoms with Gasteiger partial charge in [-0.05, 0) is 6.92 Å². The molecule has 1 aliphatic heterocycles. The molecule has 1 atom stereocenters. The lowest BCUT2D eigenvalue weighted by atomic mass is 10.3. The van der Waals surface area contributed by atoms with E-state index in [1.165, 1.54) is 0 Å². The number of rotatable bonds is 2. The molecule has 0 aliphatic carbocycles. The number of hydrogen-bond donors (Lipinski definition) is 2. The van der Waals surface area contributed by atoms with Crippen LogP contribution in [0.5, 0.6) is 0 Å². The van der Waals surface area contributed by atoms with Crippen molar-refractivity contribution in [3.05, 3.63) is 28.4 Å². The molecule has 0 bridgehead atoms. The largest absolute Gasteiger partial charge is 0.471 e. The van der Waals surface area contributed by atoms with Gasteiger partial charge in [0.15, 0.2) is 0 Å². The van der Waals surface area contributed by atoms with E-state index in [1.54, 1.807) is 10.9 Å². The number of ether oxygens (including phenoxy) is 1. The monoisotopic (exact) mass is 228 g/mol. The zero-order valence-corrected chi connectivity index (χ0v) is 9.38. The van der Waals surface area contributed by atoms with Gasteiger partial charge in [-0.2, -0.15) is 5.10 Å². The van der Waals surface area contributed by atoms with Crippen molar-refractivity contribution >= 4 is 11.6 Å². The van der Waals surface area contributed by atoms with Crippen molar-refractivity contribution in [2.24, 2.45) is 12.8 Å². The van der Waals surface area contributed by atoms with Crippen molar-refractivity contribution in [2.75, 3.05) is 6.54 Å². The topological polar surface area (TPSA) is 65.1 Å².